The van der Waals surface area contributed by atoms with Crippen molar-refractivity contribution in [2.45, 2.75) is 241 Å². The van der Waals surface area contributed by atoms with Crippen molar-refractivity contribution in [2.24, 2.45) is 22.7 Å². The number of thiophene rings is 1. The molecular formula is C71H96N2S. The molecule has 4 aromatic carbocycles. The highest BCUT2D eigenvalue weighted by atomic mass is 32.1. The molecule has 2 nitrogen and oxygen atoms in total. The highest BCUT2D eigenvalue weighted by molar-refractivity contribution is 7.10. The number of hydrogen-bond acceptors (Lipinski definition) is 3. The monoisotopic (exact) mass is 1010 g/mol. The molecule has 396 valence electrons. The standard InChI is InChI=1S/C71H96N2S/c1-46(2)29-30-65(4,5)50-23-25-51(26-24-50)72(63-45-74-64-44-61-59(42-55(63)64)69(12,13)34-36-71(61,16)17)53-38-49(48-21-19-18-20-22-48)39-54(40-53)73(52-27-28-56-58(41-52)68(10,11)32-31-66(56,6)7)62-43-60-57(37-47(62)3)67(8,9)33-35-70(60,14)15/h23-28,37-43,45-46,48,61H,18-22,29-36,44H2,1-17H3. The summed E-state index contributed by atoms with van der Waals surface area (Å²) in [4.78, 5) is 6.98. The lowest BCUT2D eigenvalue weighted by molar-refractivity contribution is 0.124. The van der Waals surface area contributed by atoms with Crippen LogP contribution in [0.15, 0.2) is 83.7 Å². The van der Waals surface area contributed by atoms with Crippen molar-refractivity contribution >= 4 is 51.5 Å². The molecule has 5 aromatic rings. The molecule has 74 heavy (non-hydrogen) atoms. The highest BCUT2D eigenvalue weighted by Crippen LogP contribution is 2.59. The van der Waals surface area contributed by atoms with Gasteiger partial charge < -0.3 is 9.80 Å². The molecule has 5 aliphatic rings. The van der Waals surface area contributed by atoms with Crippen LogP contribution in [0.1, 0.15) is 250 Å². The molecule has 1 heterocycles. The van der Waals surface area contributed by atoms with Crippen molar-refractivity contribution in [3.8, 4) is 0 Å². The van der Waals surface area contributed by atoms with Gasteiger partial charge in [-0.1, -0.05) is 172 Å². The Labute approximate surface area is 455 Å². The van der Waals surface area contributed by atoms with Crippen molar-refractivity contribution in [3.05, 3.63) is 133 Å². The summed E-state index contributed by atoms with van der Waals surface area (Å²) in [5.74, 6) is 1.78. The van der Waals surface area contributed by atoms with Gasteiger partial charge in [-0.15, -0.1) is 11.3 Å². The van der Waals surface area contributed by atoms with Gasteiger partial charge in [0.25, 0.3) is 0 Å². The van der Waals surface area contributed by atoms with Crippen molar-refractivity contribution in [1.82, 2.24) is 0 Å². The van der Waals surface area contributed by atoms with Crippen LogP contribution in [0.2, 0.25) is 0 Å². The van der Waals surface area contributed by atoms with Crippen LogP contribution in [0.25, 0.3) is 6.08 Å². The summed E-state index contributed by atoms with van der Waals surface area (Å²) in [5.41, 5.74) is 22.2. The summed E-state index contributed by atoms with van der Waals surface area (Å²) in [6.45, 7) is 42.1. The first-order valence-electron chi connectivity index (χ1n) is 29.6. The fraction of sp³-hybridized carbons (Fsp3) is 0.577. The first-order chi connectivity index (χ1) is 34.6. The van der Waals surface area contributed by atoms with E-state index >= 15 is 0 Å². The van der Waals surface area contributed by atoms with E-state index in [1.165, 1.54) is 162 Å². The molecule has 3 heteroatoms. The second-order valence-electron chi connectivity index (χ2n) is 29.8. The number of fused-ring (bicyclic) bond motifs is 4. The molecule has 10 rings (SSSR count). The summed E-state index contributed by atoms with van der Waals surface area (Å²) in [5, 5.41) is 2.54. The molecule has 1 unspecified atom stereocenters. The lowest BCUT2D eigenvalue weighted by Gasteiger charge is -2.50. The molecule has 0 N–H and O–H groups in total. The van der Waals surface area contributed by atoms with E-state index in [1.54, 1.807) is 10.5 Å². The third-order valence-electron chi connectivity index (χ3n) is 20.6. The second kappa shape index (κ2) is 18.8. The van der Waals surface area contributed by atoms with Gasteiger partial charge in [-0.25, -0.2) is 0 Å². The first-order valence-corrected chi connectivity index (χ1v) is 30.5. The van der Waals surface area contributed by atoms with E-state index in [9.17, 15) is 0 Å². The van der Waals surface area contributed by atoms with Crippen LogP contribution in [0.5, 0.6) is 0 Å². The molecule has 0 amide bonds. The predicted molar refractivity (Wildman–Crippen MR) is 324 cm³/mol. The quantitative estimate of drug-likeness (QED) is 0.130. The average molecular weight is 1010 g/mol. The molecule has 0 radical (unpaired) electrons. The SMILES string of the molecule is Cc1cc2c(cc1N(c1cc(C3CCCCC3)cc(N(c3ccc(C(C)(C)CCC(C)C)cc3)c3csc4c3C=C3C(C4)C(C)(C)CCC3(C)C)c1)c1ccc3c(c1)C(C)(C)CCC3(C)C)C(C)(C)CCC2(C)C. The molecule has 2 saturated carbocycles. The van der Waals surface area contributed by atoms with Gasteiger partial charge in [-0.3, -0.25) is 0 Å². The normalized spacial score (nSPS) is 22.2. The number of aryl methyl sites for hydroxylation is 1. The number of benzene rings is 4. The fourth-order valence-electron chi connectivity index (χ4n) is 14.7. The van der Waals surface area contributed by atoms with E-state index < -0.39 is 0 Å². The van der Waals surface area contributed by atoms with Crippen molar-refractivity contribution < 1.29 is 0 Å². The van der Waals surface area contributed by atoms with E-state index in [4.69, 9.17) is 0 Å². The maximum Gasteiger partial charge on any atom is 0.0643 e. The Bertz CT molecular complexity index is 2930. The molecule has 0 saturated heterocycles. The van der Waals surface area contributed by atoms with Gasteiger partial charge in [0.15, 0.2) is 0 Å². The zero-order valence-electron chi connectivity index (χ0n) is 49.5. The van der Waals surface area contributed by atoms with Crippen molar-refractivity contribution in [1.29, 1.82) is 0 Å². The molecule has 0 spiro atoms. The Morgan fingerprint density at radius 3 is 1.72 bits per heavy atom. The van der Waals surface area contributed by atoms with Gasteiger partial charge in [-0.05, 0) is 214 Å². The van der Waals surface area contributed by atoms with Crippen LogP contribution >= 0.6 is 11.3 Å². The molecule has 1 aromatic heterocycles. The minimum absolute atomic E-state index is 0.0793. The number of rotatable bonds is 11. The summed E-state index contributed by atoms with van der Waals surface area (Å²) in [7, 11) is 0. The molecule has 1 atom stereocenters. The molecule has 0 aliphatic heterocycles. The van der Waals surface area contributed by atoms with Gasteiger partial charge >= 0.3 is 0 Å². The first kappa shape index (κ1) is 53.3. The Morgan fingerprint density at radius 2 is 1.11 bits per heavy atom. The van der Waals surface area contributed by atoms with Crippen LogP contribution < -0.4 is 9.80 Å². The smallest absolute Gasteiger partial charge is 0.0643 e. The van der Waals surface area contributed by atoms with E-state index in [0.717, 1.165) is 6.42 Å². The van der Waals surface area contributed by atoms with E-state index in [2.05, 4.69) is 212 Å². The van der Waals surface area contributed by atoms with Gasteiger partial charge in [0.1, 0.15) is 0 Å². The summed E-state index contributed by atoms with van der Waals surface area (Å²) in [6, 6.07) is 30.6. The lowest BCUT2D eigenvalue weighted by atomic mass is 9.55. The van der Waals surface area contributed by atoms with Crippen LogP contribution in [0.4, 0.5) is 34.1 Å². The zero-order chi connectivity index (χ0) is 53.1. The molecular weight excluding hydrogens is 913 g/mol. The predicted octanol–water partition coefficient (Wildman–Crippen LogP) is 21.9. The van der Waals surface area contributed by atoms with E-state index in [-0.39, 0.29) is 37.9 Å². The summed E-state index contributed by atoms with van der Waals surface area (Å²) in [6.07, 6.45) is 20.0. The van der Waals surface area contributed by atoms with Crippen molar-refractivity contribution in [3.63, 3.8) is 0 Å². The number of anilines is 6. The maximum atomic E-state index is 2.72. The maximum absolute atomic E-state index is 2.72. The number of nitrogens with zero attached hydrogens (tertiary/aromatic N) is 2. The highest BCUT2D eigenvalue weighted by Gasteiger charge is 2.46. The third-order valence-corrected chi connectivity index (χ3v) is 21.6. The Hall–Kier alpha value is -4.08. The van der Waals surface area contributed by atoms with Crippen LogP contribution in [0, 0.1) is 29.6 Å². The third kappa shape index (κ3) is 9.72. The summed E-state index contributed by atoms with van der Waals surface area (Å²) >= 11 is 2.01. The zero-order valence-corrected chi connectivity index (χ0v) is 50.3. The number of allylic oxidation sites excluding steroid dienone is 1. The molecule has 2 fully saturated rings. The number of hydrogen-bond donors (Lipinski definition) is 0. The van der Waals surface area contributed by atoms with Crippen LogP contribution in [0.3, 0.4) is 0 Å². The minimum Gasteiger partial charge on any atom is -0.310 e. The fourth-order valence-corrected chi connectivity index (χ4v) is 15.7. The van der Waals surface area contributed by atoms with Crippen LogP contribution in [-0.2, 0) is 33.5 Å². The minimum atomic E-state index is 0.0793. The van der Waals surface area contributed by atoms with Gasteiger partial charge in [0.2, 0.25) is 0 Å². The Morgan fingerprint density at radius 1 is 0.568 bits per heavy atom. The van der Waals surface area contributed by atoms with Gasteiger partial charge in [0.05, 0.1) is 5.69 Å². The average Bonchev–Trinajstić information content (AvgIpc) is 3.76. The largest absolute Gasteiger partial charge is 0.310 e. The van der Waals surface area contributed by atoms with Gasteiger partial charge in [0, 0.05) is 44.3 Å². The van der Waals surface area contributed by atoms with Gasteiger partial charge in [-0.2, -0.15) is 0 Å². The van der Waals surface area contributed by atoms with Crippen LogP contribution in [-0.4, -0.2) is 0 Å². The lowest BCUT2D eigenvalue weighted by Crippen LogP contribution is -2.40. The van der Waals surface area contributed by atoms with Crippen molar-refractivity contribution in [2.75, 3.05) is 9.80 Å². The molecule has 0 bridgehead atoms. The molecule has 5 aliphatic carbocycles. The van der Waals surface area contributed by atoms with E-state index in [1.807, 2.05) is 11.3 Å². The summed E-state index contributed by atoms with van der Waals surface area (Å²) < 4.78 is 0. The Kier molecular flexibility index (Phi) is 13.6. The Balaban J connectivity index is 1.24. The second-order valence-corrected chi connectivity index (χ2v) is 30.8. The van der Waals surface area contributed by atoms with E-state index in [0.29, 0.717) is 17.8 Å². The topological polar surface area (TPSA) is 6.48 Å².